The zero-order chi connectivity index (χ0) is 27.4. The molecular weight excluding hydrogens is 510 g/mol. The van der Waals surface area contributed by atoms with Crippen LogP contribution in [-0.4, -0.2) is 22.0 Å². The maximum absolute atomic E-state index is 4.80. The first kappa shape index (κ1) is 22.0. The first-order chi connectivity index (χ1) is 20.8. The Morgan fingerprint density at radius 2 is 1.26 bits per heavy atom. The van der Waals surface area contributed by atoms with Gasteiger partial charge in [-0.15, -0.1) is 0 Å². The first-order valence-corrected chi connectivity index (χ1v) is 14.3. The van der Waals surface area contributed by atoms with Crippen LogP contribution in [0.25, 0.3) is 82.3 Å². The van der Waals surface area contributed by atoms with E-state index in [9.17, 15) is 0 Å². The third-order valence-corrected chi connectivity index (χ3v) is 9.13. The Hall–Kier alpha value is -5.76. The number of hydrogen-bond donors (Lipinski definition) is 0. The molecule has 3 heterocycles. The van der Waals surface area contributed by atoms with Gasteiger partial charge in [0.2, 0.25) is 0 Å². The minimum atomic E-state index is 1.04. The Morgan fingerprint density at radius 3 is 2.12 bits per heavy atom. The van der Waals surface area contributed by atoms with E-state index in [4.69, 9.17) is 4.98 Å². The van der Waals surface area contributed by atoms with E-state index in [1.165, 1.54) is 71.0 Å². The van der Waals surface area contributed by atoms with Gasteiger partial charge in [0.15, 0.2) is 0 Å². The molecule has 2 aliphatic rings. The van der Waals surface area contributed by atoms with Crippen molar-refractivity contribution in [3.05, 3.63) is 133 Å². The monoisotopic (exact) mass is 532 g/mol. The van der Waals surface area contributed by atoms with Crippen molar-refractivity contribution in [2.45, 2.75) is 0 Å². The summed E-state index contributed by atoms with van der Waals surface area (Å²) in [6, 6.07) is 39.9. The van der Waals surface area contributed by atoms with Crippen LogP contribution in [0.3, 0.4) is 0 Å². The molecule has 0 saturated heterocycles. The van der Waals surface area contributed by atoms with Gasteiger partial charge in [-0.2, -0.15) is 0 Å². The molecule has 0 unspecified atom stereocenters. The first-order valence-electron chi connectivity index (χ1n) is 14.3. The molecule has 1 aliphatic carbocycles. The van der Waals surface area contributed by atoms with E-state index in [1.54, 1.807) is 0 Å². The minimum Gasteiger partial charge on any atom is -0.301 e. The number of aromatic nitrogens is 2. The van der Waals surface area contributed by atoms with Crippen molar-refractivity contribution in [2.24, 2.45) is 0 Å². The van der Waals surface area contributed by atoms with Crippen LogP contribution in [0.2, 0.25) is 0 Å². The smallest absolute Gasteiger partial charge is 0.301 e. The van der Waals surface area contributed by atoms with Gasteiger partial charge in [0.25, 0.3) is 0 Å². The molecule has 3 nitrogen and oxygen atoms in total. The summed E-state index contributed by atoms with van der Waals surface area (Å²) in [7, 11) is 0. The number of pyridine rings is 1. The zero-order valence-corrected chi connectivity index (χ0v) is 22.5. The van der Waals surface area contributed by atoms with Crippen LogP contribution in [0.15, 0.2) is 122 Å². The van der Waals surface area contributed by atoms with Crippen LogP contribution in [0.5, 0.6) is 0 Å². The molecule has 8 aromatic rings. The van der Waals surface area contributed by atoms with Crippen molar-refractivity contribution in [3.8, 4) is 39.1 Å². The van der Waals surface area contributed by atoms with Gasteiger partial charge < -0.3 is 4.57 Å². The van der Waals surface area contributed by atoms with Crippen LogP contribution in [0.4, 0.5) is 0 Å². The lowest BCUT2D eigenvalue weighted by Crippen LogP contribution is -2.01. The maximum atomic E-state index is 4.80. The lowest BCUT2D eigenvalue weighted by Gasteiger charge is -2.13. The number of nitrogens with zero attached hydrogens (tertiary/aromatic N) is 3. The summed E-state index contributed by atoms with van der Waals surface area (Å²) in [5.74, 6) is 0. The summed E-state index contributed by atoms with van der Waals surface area (Å²) in [4.78, 5) is 4.80. The summed E-state index contributed by atoms with van der Waals surface area (Å²) in [6.45, 7) is 0. The van der Waals surface area contributed by atoms with E-state index in [0.29, 0.717) is 0 Å². The van der Waals surface area contributed by atoms with Crippen LogP contribution in [0.1, 0.15) is 11.3 Å². The second-order valence-corrected chi connectivity index (χ2v) is 11.3. The molecule has 0 atom stereocenters. The second-order valence-electron chi connectivity index (χ2n) is 11.3. The highest BCUT2D eigenvalue weighted by Crippen LogP contribution is 2.50. The number of fused-ring (bicyclic) bond motifs is 9. The summed E-state index contributed by atoms with van der Waals surface area (Å²) >= 11 is 0. The number of benzene rings is 6. The SMILES string of the molecule is C1=[N+]=Cc2c1c1ccc3ccccc3c1n2-c1cncc(-c2ccc3c4c(cccc24)-c2cc4ccccc4cc2-3)c1. The predicted octanol–water partition coefficient (Wildman–Crippen LogP) is 8.72. The van der Waals surface area contributed by atoms with E-state index < -0.39 is 0 Å². The molecule has 6 aromatic carbocycles. The van der Waals surface area contributed by atoms with Crippen molar-refractivity contribution in [1.29, 1.82) is 0 Å². The van der Waals surface area contributed by atoms with Gasteiger partial charge in [-0.25, -0.2) is 0 Å². The van der Waals surface area contributed by atoms with Crippen molar-refractivity contribution in [2.75, 3.05) is 0 Å². The van der Waals surface area contributed by atoms with Crippen LogP contribution >= 0.6 is 0 Å². The number of rotatable bonds is 2. The topological polar surface area (TPSA) is 31.9 Å². The Morgan fingerprint density at radius 1 is 0.524 bits per heavy atom. The average molecular weight is 533 g/mol. The molecule has 0 N–H and O–H groups in total. The highest BCUT2D eigenvalue weighted by Gasteiger charge is 2.27. The van der Waals surface area contributed by atoms with E-state index in [-0.39, 0.29) is 0 Å². The molecular formula is C39H22N3+. The molecule has 0 amide bonds. The Balaban J connectivity index is 1.21. The maximum Gasteiger partial charge on any atom is 0.317 e. The van der Waals surface area contributed by atoms with Gasteiger partial charge in [-0.3, -0.25) is 4.98 Å². The largest absolute Gasteiger partial charge is 0.317 e. The third-order valence-electron chi connectivity index (χ3n) is 9.13. The second kappa shape index (κ2) is 7.92. The van der Waals surface area contributed by atoms with Gasteiger partial charge in [0.05, 0.1) is 23.0 Å². The summed E-state index contributed by atoms with van der Waals surface area (Å²) < 4.78 is 6.86. The Kier molecular flexibility index (Phi) is 4.14. The predicted molar refractivity (Wildman–Crippen MR) is 176 cm³/mol. The molecule has 0 saturated carbocycles. The minimum absolute atomic E-state index is 1.04. The molecule has 0 radical (unpaired) electrons. The zero-order valence-electron chi connectivity index (χ0n) is 22.5. The fraction of sp³-hybridized carbons (Fsp3) is 0. The number of hydrogen-bond acceptors (Lipinski definition) is 1. The van der Waals surface area contributed by atoms with Gasteiger partial charge in [-0.05, 0) is 72.9 Å². The molecule has 42 heavy (non-hydrogen) atoms. The van der Waals surface area contributed by atoms with Gasteiger partial charge in [0, 0.05) is 22.5 Å². The average Bonchev–Trinajstić information content (AvgIpc) is 3.73. The normalized spacial score (nSPS) is 12.7. The molecule has 2 aromatic heterocycles. The summed E-state index contributed by atoms with van der Waals surface area (Å²) in [5, 5.41) is 8.80. The highest BCUT2D eigenvalue weighted by atomic mass is 15.0. The molecule has 192 valence electrons. The lowest BCUT2D eigenvalue weighted by atomic mass is 9.95. The van der Waals surface area contributed by atoms with Crippen molar-refractivity contribution >= 4 is 55.6 Å². The summed E-state index contributed by atoms with van der Waals surface area (Å²) in [6.07, 6.45) is 7.91. The molecule has 0 fully saturated rings. The molecule has 3 heteroatoms. The molecule has 0 spiro atoms. The highest BCUT2D eigenvalue weighted by molar-refractivity contribution is 6.21. The van der Waals surface area contributed by atoms with Crippen molar-refractivity contribution in [1.82, 2.24) is 14.2 Å². The lowest BCUT2D eigenvalue weighted by molar-refractivity contribution is 1.09. The summed E-state index contributed by atoms with van der Waals surface area (Å²) in [5.41, 5.74) is 12.0. The fourth-order valence-corrected chi connectivity index (χ4v) is 7.30. The van der Waals surface area contributed by atoms with Crippen LogP contribution in [0, 0.1) is 0 Å². The van der Waals surface area contributed by atoms with Gasteiger partial charge in [0.1, 0.15) is 5.69 Å². The van der Waals surface area contributed by atoms with E-state index in [0.717, 1.165) is 22.5 Å². The molecule has 1 aliphatic heterocycles. The van der Waals surface area contributed by atoms with E-state index in [2.05, 4.69) is 118 Å². The van der Waals surface area contributed by atoms with Crippen LogP contribution in [-0.2, 0) is 0 Å². The molecule has 10 rings (SSSR count). The Bertz CT molecular complexity index is 2510. The quantitative estimate of drug-likeness (QED) is 0.205. The van der Waals surface area contributed by atoms with E-state index in [1.807, 2.05) is 24.8 Å². The Labute approximate surface area is 241 Å². The third kappa shape index (κ3) is 2.80. The fourth-order valence-electron chi connectivity index (χ4n) is 7.30. The van der Waals surface area contributed by atoms with Gasteiger partial charge >= 0.3 is 12.4 Å². The molecule has 0 bridgehead atoms. The van der Waals surface area contributed by atoms with E-state index >= 15 is 0 Å². The van der Waals surface area contributed by atoms with Crippen molar-refractivity contribution in [3.63, 3.8) is 0 Å². The standard InChI is InChI=1S/C39H22N3/c1-2-8-25-18-35-32-15-14-28(30-10-5-11-31(38(30)32)34(35)17-24(25)7-1)26-16-27(20-40-19-26)42-37-22-41-21-36(37)33-13-12-23-6-3-4-9-29(23)39(33)42/h1-22H/q+1. The van der Waals surface area contributed by atoms with Gasteiger partial charge in [-0.1, -0.05) is 95.7 Å². The van der Waals surface area contributed by atoms with Crippen molar-refractivity contribution < 1.29 is 0 Å². The van der Waals surface area contributed by atoms with Crippen LogP contribution < -0.4 is 4.67 Å².